The van der Waals surface area contributed by atoms with Gasteiger partial charge in [0, 0.05) is 13.2 Å². The Morgan fingerprint density at radius 3 is 3.10 bits per heavy atom. The molecule has 0 amide bonds. The maximum Gasteiger partial charge on any atom is 0.151 e. The summed E-state index contributed by atoms with van der Waals surface area (Å²) in [4.78, 5) is 4.35. The van der Waals surface area contributed by atoms with Crippen LogP contribution in [0.4, 0.5) is 0 Å². The lowest BCUT2D eigenvalue weighted by Gasteiger charge is -1.85. The summed E-state index contributed by atoms with van der Waals surface area (Å²) < 4.78 is 3.32. The first-order valence-electron chi connectivity index (χ1n) is 3.16. The molecule has 3 heteroatoms. The van der Waals surface area contributed by atoms with Crippen molar-refractivity contribution in [2.75, 3.05) is 0 Å². The normalized spacial score (nSPS) is 11.0. The van der Waals surface area contributed by atoms with Gasteiger partial charge >= 0.3 is 0 Å². The lowest BCUT2D eigenvalue weighted by atomic mass is 10.6. The molecular weight excluding hydrogens is 144 g/mol. The highest BCUT2D eigenvalue weighted by Gasteiger charge is 2.01. The summed E-state index contributed by atoms with van der Waals surface area (Å²) in [7, 11) is 2.02. The molecule has 0 aliphatic rings. The molecule has 2 heterocycles. The van der Waals surface area contributed by atoms with E-state index in [9.17, 15) is 0 Å². The first-order valence-corrected chi connectivity index (χ1v) is 3.97. The maximum atomic E-state index is 4.35. The zero-order chi connectivity index (χ0) is 7.14. The molecule has 0 saturated heterocycles. The maximum absolute atomic E-state index is 4.35. The van der Waals surface area contributed by atoms with Crippen LogP contribution in [-0.4, -0.2) is 9.55 Å². The van der Waals surface area contributed by atoms with E-state index >= 15 is 0 Å². The minimum absolute atomic E-state index is 1.10. The van der Waals surface area contributed by atoms with Gasteiger partial charge in [-0.2, -0.15) is 0 Å². The zero-order valence-corrected chi connectivity index (χ0v) is 6.77. The predicted octanol–water partition coefficient (Wildman–Crippen LogP) is 1.94. The molecule has 52 valence electrons. The molecule has 0 fully saturated rings. The molecule has 0 aromatic carbocycles. The molecule has 0 saturated carbocycles. The van der Waals surface area contributed by atoms with Gasteiger partial charge in [0.05, 0.1) is 9.71 Å². The van der Waals surface area contributed by atoms with Crippen molar-refractivity contribution in [2.45, 2.75) is 6.92 Å². The summed E-state index contributed by atoms with van der Waals surface area (Å²) in [5.74, 6) is 0. The molecule has 10 heavy (non-hydrogen) atoms. The van der Waals surface area contributed by atoms with Crippen molar-refractivity contribution in [3.8, 4) is 0 Å². The van der Waals surface area contributed by atoms with E-state index in [0.29, 0.717) is 0 Å². The summed E-state index contributed by atoms with van der Waals surface area (Å²) in [5.41, 5.74) is 1.10. The molecule has 2 nitrogen and oxygen atoms in total. The number of aromatic nitrogens is 2. The Morgan fingerprint density at radius 2 is 2.40 bits per heavy atom. The Labute approximate surface area is 63.1 Å². The van der Waals surface area contributed by atoms with Crippen molar-refractivity contribution < 1.29 is 0 Å². The van der Waals surface area contributed by atoms with Gasteiger partial charge in [0.25, 0.3) is 0 Å². The smallest absolute Gasteiger partial charge is 0.151 e. The van der Waals surface area contributed by atoms with Crippen LogP contribution in [0.1, 0.15) is 5.01 Å². The van der Waals surface area contributed by atoms with Crippen LogP contribution in [0.5, 0.6) is 0 Å². The Kier molecular flexibility index (Phi) is 1.08. The van der Waals surface area contributed by atoms with Gasteiger partial charge in [-0.25, -0.2) is 4.98 Å². The quantitative estimate of drug-likeness (QED) is 0.564. The minimum atomic E-state index is 1.10. The van der Waals surface area contributed by atoms with Crippen LogP contribution in [0.2, 0.25) is 0 Å². The fraction of sp³-hybridized carbons (Fsp3) is 0.286. The highest BCUT2D eigenvalue weighted by atomic mass is 32.1. The number of hydrogen-bond acceptors (Lipinski definition) is 2. The lowest BCUT2D eigenvalue weighted by Crippen LogP contribution is -1.83. The SMILES string of the molecule is Cc1nc2c(ccn2C)s1. The number of aryl methyl sites for hydroxylation is 2. The van der Waals surface area contributed by atoms with Gasteiger partial charge in [-0.15, -0.1) is 11.3 Å². The second-order valence-electron chi connectivity index (χ2n) is 2.35. The predicted molar refractivity (Wildman–Crippen MR) is 43.3 cm³/mol. The Balaban J connectivity index is 2.90. The third-order valence-electron chi connectivity index (χ3n) is 1.53. The molecule has 0 bridgehead atoms. The molecular formula is C7H8N2S. The largest absolute Gasteiger partial charge is 0.335 e. The summed E-state index contributed by atoms with van der Waals surface area (Å²) in [6, 6.07) is 2.10. The van der Waals surface area contributed by atoms with E-state index in [-0.39, 0.29) is 0 Å². The highest BCUT2D eigenvalue weighted by molar-refractivity contribution is 7.18. The van der Waals surface area contributed by atoms with Crippen LogP contribution in [0.3, 0.4) is 0 Å². The van der Waals surface area contributed by atoms with Crippen molar-refractivity contribution in [2.24, 2.45) is 7.05 Å². The van der Waals surface area contributed by atoms with E-state index in [2.05, 4.69) is 11.1 Å². The average molecular weight is 152 g/mol. The van der Waals surface area contributed by atoms with E-state index in [4.69, 9.17) is 0 Å². The first-order chi connectivity index (χ1) is 4.77. The summed E-state index contributed by atoms with van der Waals surface area (Å²) in [6.07, 6.45) is 2.04. The van der Waals surface area contributed by atoms with Crippen LogP contribution in [0.25, 0.3) is 10.3 Å². The minimum Gasteiger partial charge on any atom is -0.335 e. The zero-order valence-electron chi connectivity index (χ0n) is 5.96. The van der Waals surface area contributed by atoms with Crippen LogP contribution in [0, 0.1) is 6.92 Å². The Bertz CT molecular complexity index is 358. The molecule has 0 aliphatic heterocycles. The Hall–Kier alpha value is -0.830. The summed E-state index contributed by atoms with van der Waals surface area (Å²) in [5, 5.41) is 1.14. The summed E-state index contributed by atoms with van der Waals surface area (Å²) in [6.45, 7) is 2.03. The number of nitrogens with zero attached hydrogens (tertiary/aromatic N) is 2. The fourth-order valence-corrected chi connectivity index (χ4v) is 1.90. The third-order valence-corrected chi connectivity index (χ3v) is 2.45. The van der Waals surface area contributed by atoms with E-state index in [1.54, 1.807) is 11.3 Å². The average Bonchev–Trinajstić information content (AvgIpc) is 2.35. The second-order valence-corrected chi connectivity index (χ2v) is 3.58. The molecule has 0 spiro atoms. The Morgan fingerprint density at radius 1 is 1.60 bits per heavy atom. The summed E-state index contributed by atoms with van der Waals surface area (Å²) >= 11 is 1.74. The molecule has 2 rings (SSSR count). The second kappa shape index (κ2) is 1.83. The molecule has 2 aromatic heterocycles. The van der Waals surface area contributed by atoms with Crippen LogP contribution in [0.15, 0.2) is 12.3 Å². The molecule has 0 unspecified atom stereocenters. The van der Waals surface area contributed by atoms with Crippen LogP contribution in [-0.2, 0) is 7.05 Å². The van der Waals surface area contributed by atoms with Crippen LogP contribution < -0.4 is 0 Å². The van der Waals surface area contributed by atoms with E-state index in [1.165, 1.54) is 4.70 Å². The number of thiazole rings is 1. The van der Waals surface area contributed by atoms with Gasteiger partial charge < -0.3 is 4.57 Å². The molecule has 0 atom stereocenters. The van der Waals surface area contributed by atoms with Crippen molar-refractivity contribution in [1.82, 2.24) is 9.55 Å². The molecule has 0 N–H and O–H groups in total. The number of fused-ring (bicyclic) bond motifs is 1. The van der Waals surface area contributed by atoms with Gasteiger partial charge in [0.15, 0.2) is 5.65 Å². The third kappa shape index (κ3) is 0.671. The molecule has 0 radical (unpaired) electrons. The lowest BCUT2D eigenvalue weighted by molar-refractivity contribution is 0.948. The highest BCUT2D eigenvalue weighted by Crippen LogP contribution is 2.20. The topological polar surface area (TPSA) is 17.8 Å². The van der Waals surface area contributed by atoms with Crippen molar-refractivity contribution in [1.29, 1.82) is 0 Å². The molecule has 0 aliphatic carbocycles. The standard InChI is InChI=1S/C7H8N2S/c1-5-8-7-6(10-5)3-4-9(7)2/h3-4H,1-2H3. The van der Waals surface area contributed by atoms with Gasteiger partial charge in [-0.3, -0.25) is 0 Å². The van der Waals surface area contributed by atoms with Gasteiger partial charge in [0.2, 0.25) is 0 Å². The number of hydrogen-bond donors (Lipinski definition) is 0. The van der Waals surface area contributed by atoms with E-state index in [0.717, 1.165) is 10.7 Å². The van der Waals surface area contributed by atoms with E-state index in [1.807, 2.05) is 24.7 Å². The van der Waals surface area contributed by atoms with Gasteiger partial charge in [0.1, 0.15) is 0 Å². The molecule has 2 aromatic rings. The number of rotatable bonds is 0. The van der Waals surface area contributed by atoms with Gasteiger partial charge in [-0.05, 0) is 13.0 Å². The fourth-order valence-electron chi connectivity index (χ4n) is 1.04. The monoisotopic (exact) mass is 152 g/mol. The van der Waals surface area contributed by atoms with Crippen LogP contribution >= 0.6 is 11.3 Å². The first kappa shape index (κ1) is 5.92. The van der Waals surface area contributed by atoms with Crippen molar-refractivity contribution >= 4 is 21.7 Å². The van der Waals surface area contributed by atoms with Crippen molar-refractivity contribution in [3.05, 3.63) is 17.3 Å². The van der Waals surface area contributed by atoms with E-state index < -0.39 is 0 Å². The van der Waals surface area contributed by atoms with Crippen molar-refractivity contribution in [3.63, 3.8) is 0 Å². The van der Waals surface area contributed by atoms with Gasteiger partial charge in [-0.1, -0.05) is 0 Å².